The summed E-state index contributed by atoms with van der Waals surface area (Å²) in [6, 6.07) is 8.79. The van der Waals surface area contributed by atoms with Crippen molar-refractivity contribution in [1.82, 2.24) is 9.88 Å². The van der Waals surface area contributed by atoms with Crippen molar-refractivity contribution in [3.05, 3.63) is 57.8 Å². The van der Waals surface area contributed by atoms with E-state index < -0.39 is 0 Å². The normalized spacial score (nSPS) is 13.9. The Morgan fingerprint density at radius 2 is 2.00 bits per heavy atom. The third-order valence-electron chi connectivity index (χ3n) is 3.42. The smallest absolute Gasteiger partial charge is 0.279 e. The minimum absolute atomic E-state index is 0.208. The number of nitrogens with zero attached hydrogens (tertiary/aromatic N) is 3. The van der Waals surface area contributed by atoms with E-state index in [9.17, 15) is 4.79 Å². The lowest BCUT2D eigenvalue weighted by Gasteiger charge is -2.20. The summed E-state index contributed by atoms with van der Waals surface area (Å²) in [5.74, 6) is 0.217. The van der Waals surface area contributed by atoms with Crippen LogP contribution in [0.3, 0.4) is 0 Å². The molecule has 0 spiro atoms. The number of halogens is 2. The fraction of sp³-hybridized carbons (Fsp3) is 0.188. The zero-order chi connectivity index (χ0) is 16.4. The minimum atomic E-state index is -0.208. The highest BCUT2D eigenvalue weighted by Crippen LogP contribution is 2.30. The van der Waals surface area contributed by atoms with Crippen LogP contribution in [0.5, 0.6) is 0 Å². The predicted molar refractivity (Wildman–Crippen MR) is 92.4 cm³/mol. The highest BCUT2D eigenvalue weighted by Gasteiger charge is 2.26. The molecule has 5 nitrogen and oxygen atoms in total. The van der Waals surface area contributed by atoms with Gasteiger partial charge in [0.2, 0.25) is 5.96 Å². The summed E-state index contributed by atoms with van der Waals surface area (Å²) >= 11 is 12.3. The second-order valence-electron chi connectivity index (χ2n) is 5.10. The molecule has 0 atom stereocenters. The van der Waals surface area contributed by atoms with Crippen LogP contribution < -0.4 is 5.32 Å². The number of aromatic nitrogens is 1. The largest absolute Gasteiger partial charge is 0.323 e. The lowest BCUT2D eigenvalue weighted by molar-refractivity contribution is 0.0852. The van der Waals surface area contributed by atoms with Crippen molar-refractivity contribution in [2.24, 2.45) is 4.99 Å². The zero-order valence-electron chi connectivity index (χ0n) is 12.4. The zero-order valence-corrected chi connectivity index (χ0v) is 13.9. The number of anilines is 1. The van der Waals surface area contributed by atoms with Gasteiger partial charge in [0.05, 0.1) is 22.3 Å². The number of carbonyl (C=O) groups is 1. The molecule has 23 heavy (non-hydrogen) atoms. The number of pyridine rings is 1. The third-order valence-corrected chi connectivity index (χ3v) is 4.05. The molecule has 1 aromatic carbocycles. The lowest BCUT2D eigenvalue weighted by Crippen LogP contribution is -2.38. The molecular weight excluding hydrogens is 335 g/mol. The summed E-state index contributed by atoms with van der Waals surface area (Å²) in [5.41, 5.74) is 1.89. The molecule has 0 saturated carbocycles. The maximum absolute atomic E-state index is 12.6. The molecule has 7 heteroatoms. The van der Waals surface area contributed by atoms with Gasteiger partial charge in [0, 0.05) is 12.7 Å². The summed E-state index contributed by atoms with van der Waals surface area (Å²) in [6.07, 6.45) is 1.62. The summed E-state index contributed by atoms with van der Waals surface area (Å²) in [7, 11) is 0. The van der Waals surface area contributed by atoms with Gasteiger partial charge in [-0.3, -0.25) is 19.7 Å². The van der Waals surface area contributed by atoms with Crippen molar-refractivity contribution in [2.75, 3.05) is 18.4 Å². The van der Waals surface area contributed by atoms with Crippen LogP contribution in [0, 0.1) is 6.92 Å². The molecule has 1 aliphatic rings. The van der Waals surface area contributed by atoms with E-state index in [1.165, 1.54) is 0 Å². The van der Waals surface area contributed by atoms with Crippen molar-refractivity contribution in [3.63, 3.8) is 0 Å². The molecule has 1 aromatic heterocycles. The number of benzene rings is 1. The SMILES string of the molecule is Cc1ccnc(C(=O)N2CCN=C2Nc2c(Cl)cccc2Cl)c1. The van der Waals surface area contributed by atoms with E-state index in [1.807, 2.05) is 13.0 Å². The molecule has 0 saturated heterocycles. The molecule has 1 aliphatic heterocycles. The highest BCUT2D eigenvalue weighted by atomic mass is 35.5. The highest BCUT2D eigenvalue weighted by molar-refractivity contribution is 6.39. The molecular formula is C16H14Cl2N4O. The molecule has 1 amide bonds. The first kappa shape index (κ1) is 15.8. The monoisotopic (exact) mass is 348 g/mol. The van der Waals surface area contributed by atoms with Gasteiger partial charge in [0.1, 0.15) is 5.69 Å². The number of amides is 1. The first-order valence-electron chi connectivity index (χ1n) is 7.06. The topological polar surface area (TPSA) is 57.6 Å². The Hall–Kier alpha value is -2.11. The van der Waals surface area contributed by atoms with Crippen LogP contribution in [-0.4, -0.2) is 34.8 Å². The molecule has 0 unspecified atom stereocenters. The molecule has 1 N–H and O–H groups in total. The maximum atomic E-state index is 12.6. The van der Waals surface area contributed by atoms with Gasteiger partial charge < -0.3 is 5.32 Å². The number of hydrogen-bond donors (Lipinski definition) is 1. The molecule has 0 fully saturated rings. The second kappa shape index (κ2) is 6.56. The van der Waals surface area contributed by atoms with Crippen LogP contribution in [-0.2, 0) is 0 Å². The molecule has 0 radical (unpaired) electrons. The summed E-state index contributed by atoms with van der Waals surface area (Å²) in [6.45, 7) is 2.92. The van der Waals surface area contributed by atoms with Gasteiger partial charge in [-0.2, -0.15) is 0 Å². The van der Waals surface area contributed by atoms with Crippen LogP contribution in [0.25, 0.3) is 0 Å². The first-order chi connectivity index (χ1) is 11.1. The maximum Gasteiger partial charge on any atom is 0.279 e. The van der Waals surface area contributed by atoms with E-state index in [1.54, 1.807) is 35.4 Å². The van der Waals surface area contributed by atoms with Crippen LogP contribution in [0.4, 0.5) is 5.69 Å². The van der Waals surface area contributed by atoms with E-state index in [2.05, 4.69) is 15.3 Å². The standard InChI is InChI=1S/C16H14Cl2N4O/c1-10-5-6-19-13(9-10)15(23)22-8-7-20-16(22)21-14-11(17)3-2-4-12(14)18/h2-6,9H,7-8H2,1H3,(H,20,21). The van der Waals surface area contributed by atoms with Gasteiger partial charge in [0.25, 0.3) is 5.91 Å². The van der Waals surface area contributed by atoms with Crippen LogP contribution in [0.1, 0.15) is 16.1 Å². The summed E-state index contributed by atoms with van der Waals surface area (Å²) < 4.78 is 0. The summed E-state index contributed by atoms with van der Waals surface area (Å²) in [5, 5.41) is 3.99. The Morgan fingerprint density at radius 1 is 1.26 bits per heavy atom. The fourth-order valence-electron chi connectivity index (χ4n) is 2.27. The van der Waals surface area contributed by atoms with Crippen molar-refractivity contribution in [3.8, 4) is 0 Å². The third kappa shape index (κ3) is 3.30. The fourth-order valence-corrected chi connectivity index (χ4v) is 2.76. The lowest BCUT2D eigenvalue weighted by atomic mass is 10.2. The predicted octanol–water partition coefficient (Wildman–Crippen LogP) is 3.62. The number of para-hydroxylation sites is 1. The van der Waals surface area contributed by atoms with E-state index in [4.69, 9.17) is 23.2 Å². The van der Waals surface area contributed by atoms with Gasteiger partial charge in [-0.05, 0) is 36.8 Å². The quantitative estimate of drug-likeness (QED) is 0.901. The Labute approximate surface area is 144 Å². The Balaban J connectivity index is 1.85. The van der Waals surface area contributed by atoms with E-state index in [-0.39, 0.29) is 5.91 Å². The molecule has 3 rings (SSSR count). The van der Waals surface area contributed by atoms with Gasteiger partial charge in [-0.1, -0.05) is 29.3 Å². The Bertz CT molecular complexity index is 771. The summed E-state index contributed by atoms with van der Waals surface area (Å²) in [4.78, 5) is 22.7. The van der Waals surface area contributed by atoms with Gasteiger partial charge in [-0.15, -0.1) is 0 Å². The number of guanidine groups is 1. The number of hydrogen-bond acceptors (Lipinski definition) is 4. The average Bonchev–Trinajstić information content (AvgIpc) is 2.98. The second-order valence-corrected chi connectivity index (χ2v) is 5.92. The van der Waals surface area contributed by atoms with Gasteiger partial charge in [-0.25, -0.2) is 0 Å². The number of nitrogens with one attached hydrogen (secondary N) is 1. The number of rotatable bonds is 2. The molecule has 0 aliphatic carbocycles. The van der Waals surface area contributed by atoms with E-state index in [0.717, 1.165) is 5.56 Å². The minimum Gasteiger partial charge on any atom is -0.323 e. The van der Waals surface area contributed by atoms with E-state index >= 15 is 0 Å². The van der Waals surface area contributed by atoms with Crippen LogP contribution >= 0.6 is 23.2 Å². The molecule has 2 heterocycles. The number of carbonyl (C=O) groups excluding carboxylic acids is 1. The molecule has 2 aromatic rings. The van der Waals surface area contributed by atoms with Crippen molar-refractivity contribution >= 4 is 40.8 Å². The Morgan fingerprint density at radius 3 is 2.70 bits per heavy atom. The molecule has 0 bridgehead atoms. The van der Waals surface area contributed by atoms with Crippen molar-refractivity contribution < 1.29 is 4.79 Å². The first-order valence-corrected chi connectivity index (χ1v) is 7.82. The van der Waals surface area contributed by atoms with Crippen LogP contribution in [0.2, 0.25) is 10.0 Å². The van der Waals surface area contributed by atoms with Gasteiger partial charge >= 0.3 is 0 Å². The number of aliphatic imine (C=N–C) groups is 1. The van der Waals surface area contributed by atoms with E-state index in [0.29, 0.717) is 40.5 Å². The van der Waals surface area contributed by atoms with Crippen LogP contribution in [0.15, 0.2) is 41.5 Å². The number of aryl methyl sites for hydroxylation is 1. The molecule has 118 valence electrons. The Kier molecular flexibility index (Phi) is 4.50. The van der Waals surface area contributed by atoms with Crippen molar-refractivity contribution in [2.45, 2.75) is 6.92 Å². The van der Waals surface area contributed by atoms with Crippen molar-refractivity contribution in [1.29, 1.82) is 0 Å². The average molecular weight is 349 g/mol. The van der Waals surface area contributed by atoms with Gasteiger partial charge in [0.15, 0.2) is 0 Å².